The Bertz CT molecular complexity index is 676. The highest BCUT2D eigenvalue weighted by molar-refractivity contribution is 7.53. The Morgan fingerprint density at radius 1 is 0.962 bits per heavy atom. The quantitative estimate of drug-likeness (QED) is 0.566. The molecule has 2 aromatic rings. The van der Waals surface area contributed by atoms with Gasteiger partial charge < -0.3 is 14.2 Å². The van der Waals surface area contributed by atoms with E-state index < -0.39 is 19.7 Å². The van der Waals surface area contributed by atoms with E-state index in [-0.39, 0.29) is 32.2 Å². The molecular formula is C19H22FO5P. The number of hydrogen-bond acceptors (Lipinski definition) is 4. The van der Waals surface area contributed by atoms with E-state index in [4.69, 9.17) is 14.2 Å². The van der Waals surface area contributed by atoms with Crippen LogP contribution in [0.25, 0.3) is 0 Å². The molecule has 0 bridgehead atoms. The summed E-state index contributed by atoms with van der Waals surface area (Å²) >= 11 is 0. The normalized spacial score (nSPS) is 12.7. The highest BCUT2D eigenvalue weighted by Gasteiger charge is 2.26. The summed E-state index contributed by atoms with van der Waals surface area (Å²) < 4.78 is 37.3. The van der Waals surface area contributed by atoms with Gasteiger partial charge in [0.05, 0.1) is 19.4 Å². The molecule has 7 heteroatoms. The van der Waals surface area contributed by atoms with Crippen molar-refractivity contribution < 1.29 is 27.9 Å². The Hall–Kier alpha value is -2.01. The maximum absolute atomic E-state index is 13.2. The van der Waals surface area contributed by atoms with Crippen molar-refractivity contribution in [2.45, 2.75) is 32.2 Å². The van der Waals surface area contributed by atoms with Gasteiger partial charge in [-0.05, 0) is 24.0 Å². The Morgan fingerprint density at radius 2 is 1.42 bits per heavy atom. The molecule has 140 valence electrons. The molecule has 2 rings (SSSR count). The van der Waals surface area contributed by atoms with Crippen LogP contribution in [0.1, 0.15) is 24.0 Å². The standard InChI is InChI=1S/C19H22FO5P/c20-18(19(21)22)12-7-13-26(23,24-14-16-8-3-1-4-9-16)25-15-17-10-5-2-6-11-17/h1-6,8-11,18H,7,12-15H2,(H,21,22)/t18-/m1/s1. The molecule has 0 aliphatic carbocycles. The van der Waals surface area contributed by atoms with Gasteiger partial charge in [0.1, 0.15) is 0 Å². The number of hydrogen-bond donors (Lipinski definition) is 1. The molecule has 5 nitrogen and oxygen atoms in total. The highest BCUT2D eigenvalue weighted by Crippen LogP contribution is 2.50. The molecule has 2 aromatic carbocycles. The van der Waals surface area contributed by atoms with Crippen LogP contribution < -0.4 is 0 Å². The predicted molar refractivity (Wildman–Crippen MR) is 96.7 cm³/mol. The van der Waals surface area contributed by atoms with E-state index in [9.17, 15) is 13.8 Å². The van der Waals surface area contributed by atoms with E-state index in [2.05, 4.69) is 0 Å². The molecule has 1 N–H and O–H groups in total. The van der Waals surface area contributed by atoms with Crippen molar-refractivity contribution in [1.29, 1.82) is 0 Å². The van der Waals surface area contributed by atoms with Crippen LogP contribution in [0.15, 0.2) is 60.7 Å². The van der Waals surface area contributed by atoms with Crippen LogP contribution >= 0.6 is 7.60 Å². The molecule has 0 aliphatic heterocycles. The molecule has 0 amide bonds. The maximum Gasteiger partial charge on any atom is 0.338 e. The van der Waals surface area contributed by atoms with Gasteiger partial charge in [-0.15, -0.1) is 0 Å². The molecular weight excluding hydrogens is 358 g/mol. The predicted octanol–water partition coefficient (Wildman–Crippen LogP) is 4.82. The molecule has 0 aliphatic rings. The lowest BCUT2D eigenvalue weighted by Crippen LogP contribution is -2.15. The van der Waals surface area contributed by atoms with Crippen molar-refractivity contribution >= 4 is 13.6 Å². The van der Waals surface area contributed by atoms with E-state index in [0.717, 1.165) is 11.1 Å². The molecule has 1 atom stereocenters. The lowest BCUT2D eigenvalue weighted by atomic mass is 10.2. The summed E-state index contributed by atoms with van der Waals surface area (Å²) in [6.07, 6.45) is -2.16. The summed E-state index contributed by atoms with van der Waals surface area (Å²) in [5.74, 6) is -1.52. The van der Waals surface area contributed by atoms with E-state index in [1.807, 2.05) is 60.7 Å². The minimum atomic E-state index is -3.50. The van der Waals surface area contributed by atoms with E-state index in [1.54, 1.807) is 0 Å². The van der Waals surface area contributed by atoms with Crippen molar-refractivity contribution in [2.24, 2.45) is 0 Å². The van der Waals surface area contributed by atoms with Crippen LogP contribution in [0.3, 0.4) is 0 Å². The van der Waals surface area contributed by atoms with E-state index in [1.165, 1.54) is 0 Å². The van der Waals surface area contributed by atoms with Crippen LogP contribution in [0, 0.1) is 0 Å². The Morgan fingerprint density at radius 3 is 1.85 bits per heavy atom. The van der Waals surface area contributed by atoms with Gasteiger partial charge in [0, 0.05) is 0 Å². The smallest absolute Gasteiger partial charge is 0.338 e. The second-order valence-electron chi connectivity index (χ2n) is 5.80. The first-order valence-corrected chi connectivity index (χ1v) is 10.0. The Kier molecular flexibility index (Phi) is 7.98. The summed E-state index contributed by atoms with van der Waals surface area (Å²) in [7, 11) is -3.50. The third-order valence-corrected chi connectivity index (χ3v) is 5.61. The van der Waals surface area contributed by atoms with Gasteiger partial charge in [-0.3, -0.25) is 4.57 Å². The van der Waals surface area contributed by atoms with Crippen molar-refractivity contribution in [2.75, 3.05) is 6.16 Å². The number of carbonyl (C=O) groups is 1. The molecule has 0 saturated carbocycles. The first kappa shape index (κ1) is 20.3. The monoisotopic (exact) mass is 380 g/mol. The third-order valence-electron chi connectivity index (χ3n) is 3.70. The molecule has 0 aromatic heterocycles. The topological polar surface area (TPSA) is 72.8 Å². The van der Waals surface area contributed by atoms with Crippen LogP contribution in [-0.2, 0) is 31.6 Å². The first-order chi connectivity index (χ1) is 12.5. The van der Waals surface area contributed by atoms with Crippen molar-refractivity contribution in [3.05, 3.63) is 71.8 Å². The third kappa shape index (κ3) is 7.08. The number of halogens is 1. The zero-order chi connectivity index (χ0) is 18.8. The second-order valence-corrected chi connectivity index (χ2v) is 7.99. The lowest BCUT2D eigenvalue weighted by molar-refractivity contribution is -0.143. The molecule has 0 unspecified atom stereocenters. The SMILES string of the molecule is O=C(O)[C@H](F)CCCP(=O)(OCc1ccccc1)OCc1ccccc1. The molecule has 0 heterocycles. The second kappa shape index (κ2) is 10.2. The fourth-order valence-electron chi connectivity index (χ4n) is 2.25. The zero-order valence-corrected chi connectivity index (χ0v) is 15.2. The average molecular weight is 380 g/mol. The fourth-order valence-corrected chi connectivity index (χ4v) is 3.84. The van der Waals surface area contributed by atoms with Crippen molar-refractivity contribution in [3.63, 3.8) is 0 Å². The number of alkyl halides is 1. The minimum absolute atomic E-state index is 0.0413. The molecule has 0 radical (unpaired) electrons. The summed E-state index contributed by atoms with van der Waals surface area (Å²) in [5, 5.41) is 8.61. The molecule has 0 spiro atoms. The van der Waals surface area contributed by atoms with Gasteiger partial charge in [-0.2, -0.15) is 0 Å². The summed E-state index contributed by atoms with van der Waals surface area (Å²) in [4.78, 5) is 10.6. The summed E-state index contributed by atoms with van der Waals surface area (Å²) in [6, 6.07) is 18.4. The van der Waals surface area contributed by atoms with Crippen molar-refractivity contribution in [3.8, 4) is 0 Å². The molecule has 0 fully saturated rings. The van der Waals surface area contributed by atoms with Crippen LogP contribution in [0.4, 0.5) is 4.39 Å². The van der Waals surface area contributed by atoms with Crippen molar-refractivity contribution in [1.82, 2.24) is 0 Å². The molecule has 26 heavy (non-hydrogen) atoms. The Labute approximate surface area is 152 Å². The van der Waals surface area contributed by atoms with E-state index >= 15 is 0 Å². The highest BCUT2D eigenvalue weighted by atomic mass is 31.2. The Balaban J connectivity index is 1.96. The van der Waals surface area contributed by atoms with Gasteiger partial charge in [0.15, 0.2) is 6.17 Å². The van der Waals surface area contributed by atoms with Gasteiger partial charge in [0.25, 0.3) is 0 Å². The summed E-state index contributed by atoms with van der Waals surface area (Å²) in [5.41, 5.74) is 1.68. The van der Waals surface area contributed by atoms with Crippen LogP contribution in [0.5, 0.6) is 0 Å². The van der Waals surface area contributed by atoms with Gasteiger partial charge in [0.2, 0.25) is 0 Å². The van der Waals surface area contributed by atoms with Gasteiger partial charge in [-0.25, -0.2) is 9.18 Å². The number of rotatable bonds is 11. The average Bonchev–Trinajstić information content (AvgIpc) is 2.66. The molecule has 0 saturated heterocycles. The minimum Gasteiger partial charge on any atom is -0.479 e. The van der Waals surface area contributed by atoms with E-state index in [0.29, 0.717) is 0 Å². The zero-order valence-electron chi connectivity index (χ0n) is 14.3. The fraction of sp³-hybridized carbons (Fsp3) is 0.316. The maximum atomic E-state index is 13.2. The summed E-state index contributed by atoms with van der Waals surface area (Å²) in [6.45, 7) is 0.204. The van der Waals surface area contributed by atoms with Gasteiger partial charge in [-0.1, -0.05) is 60.7 Å². The van der Waals surface area contributed by atoms with Crippen LogP contribution in [0.2, 0.25) is 0 Å². The number of carboxylic acids is 1. The lowest BCUT2D eigenvalue weighted by Gasteiger charge is -2.19. The van der Waals surface area contributed by atoms with Gasteiger partial charge >= 0.3 is 13.6 Å². The number of carboxylic acid groups (broad SMARTS) is 1. The number of aliphatic carboxylic acids is 1. The largest absolute Gasteiger partial charge is 0.479 e. The van der Waals surface area contributed by atoms with Crippen LogP contribution in [-0.4, -0.2) is 23.4 Å². The first-order valence-electron chi connectivity index (χ1n) is 8.31. The number of benzene rings is 2.